The molecule has 1 fully saturated rings. The monoisotopic (exact) mass is 182 g/mol. The average Bonchev–Trinajstić information content (AvgIpc) is 2.13. The van der Waals surface area contributed by atoms with Gasteiger partial charge in [-0.25, -0.2) is 4.90 Å². The Morgan fingerprint density at radius 3 is 2.25 bits per heavy atom. The van der Waals surface area contributed by atoms with E-state index in [1.54, 1.807) is 0 Å². The van der Waals surface area contributed by atoms with Crippen molar-refractivity contribution in [1.82, 2.24) is 4.90 Å². The number of rotatable bonds is 1. The summed E-state index contributed by atoms with van der Waals surface area (Å²) in [6, 6.07) is -2.75. The Balaban J connectivity index is 2.80. The van der Waals surface area contributed by atoms with Crippen LogP contribution >= 0.6 is 0 Å². The van der Waals surface area contributed by atoms with Crippen molar-refractivity contribution in [3.63, 3.8) is 0 Å². The number of likely N-dealkylation sites (tertiary alicyclic amines) is 1. The van der Waals surface area contributed by atoms with Gasteiger partial charge in [-0.05, 0) is 0 Å². The van der Waals surface area contributed by atoms with Crippen molar-refractivity contribution in [2.45, 2.75) is 18.4 Å². The summed E-state index contributed by atoms with van der Waals surface area (Å²) in [5.41, 5.74) is 0. The van der Waals surface area contributed by atoms with Crippen molar-refractivity contribution >= 4 is 0 Å². The topological polar surface area (TPSA) is 27.0 Å². The third-order valence-electron chi connectivity index (χ3n) is 1.79. The minimum absolute atomic E-state index is 0.188. The normalized spacial score (nSPS) is 26.9. The van der Waals surface area contributed by atoms with Gasteiger partial charge in [0.25, 0.3) is 0 Å². The summed E-state index contributed by atoms with van der Waals surface area (Å²) in [4.78, 5) is 0.188. The van der Waals surface area contributed by atoms with E-state index in [9.17, 15) is 17.6 Å². The molecule has 0 N–H and O–H groups in total. The molecule has 2 nitrogen and oxygen atoms in total. The average molecular weight is 182 g/mol. The number of alkyl halides is 4. The summed E-state index contributed by atoms with van der Waals surface area (Å²) in [6.07, 6.45) is -0.887. The summed E-state index contributed by atoms with van der Waals surface area (Å²) in [7, 11) is 0. The largest absolute Gasteiger partial charge is 0.368 e. The summed E-state index contributed by atoms with van der Waals surface area (Å²) in [5.74, 6) is -4.00. The van der Waals surface area contributed by atoms with Crippen LogP contribution in [0.4, 0.5) is 17.6 Å². The molecular weight excluding hydrogens is 176 g/mol. The molecule has 0 aromatic heterocycles. The van der Waals surface area contributed by atoms with Crippen LogP contribution in [0.1, 0.15) is 6.42 Å². The van der Waals surface area contributed by atoms with Gasteiger partial charge in [-0.2, -0.15) is 22.8 Å². The van der Waals surface area contributed by atoms with E-state index in [-0.39, 0.29) is 4.90 Å². The lowest BCUT2D eigenvalue weighted by atomic mass is 10.3. The predicted octanol–water partition coefficient (Wildman–Crippen LogP) is 1.44. The molecule has 6 heteroatoms. The number of halogens is 4. The standard InChI is InChI=1S/C6H6F4N2/c7-5(8)1-3-12(4-2-11)6(5,9)10/h1,3-4H2. The highest BCUT2D eigenvalue weighted by molar-refractivity contribution is 4.96. The van der Waals surface area contributed by atoms with Crippen molar-refractivity contribution in [2.24, 2.45) is 0 Å². The first-order chi connectivity index (χ1) is 5.42. The predicted molar refractivity (Wildman–Crippen MR) is 31.7 cm³/mol. The molecule has 1 saturated heterocycles. The Morgan fingerprint density at radius 2 is 1.92 bits per heavy atom. The van der Waals surface area contributed by atoms with Gasteiger partial charge in [0.2, 0.25) is 0 Å². The van der Waals surface area contributed by atoms with Crippen LogP contribution in [0, 0.1) is 11.3 Å². The van der Waals surface area contributed by atoms with Gasteiger partial charge in [0.05, 0.1) is 12.6 Å². The molecule has 0 aromatic carbocycles. The Kier molecular flexibility index (Phi) is 2.00. The van der Waals surface area contributed by atoms with E-state index in [1.165, 1.54) is 6.07 Å². The summed E-state index contributed by atoms with van der Waals surface area (Å²) in [6.45, 7) is -1.10. The first kappa shape index (κ1) is 9.26. The fourth-order valence-corrected chi connectivity index (χ4v) is 1.06. The lowest BCUT2D eigenvalue weighted by molar-refractivity contribution is -0.244. The van der Waals surface area contributed by atoms with Gasteiger partial charge in [0, 0.05) is 13.0 Å². The molecular formula is C6H6F4N2. The zero-order valence-electron chi connectivity index (χ0n) is 6.03. The number of nitriles is 1. The van der Waals surface area contributed by atoms with E-state index >= 15 is 0 Å². The molecule has 0 amide bonds. The van der Waals surface area contributed by atoms with Crippen molar-refractivity contribution < 1.29 is 17.6 Å². The van der Waals surface area contributed by atoms with E-state index in [1.807, 2.05) is 0 Å². The van der Waals surface area contributed by atoms with Gasteiger partial charge < -0.3 is 0 Å². The summed E-state index contributed by atoms with van der Waals surface area (Å²) < 4.78 is 50.0. The lowest BCUT2D eigenvalue weighted by Crippen LogP contribution is -2.46. The van der Waals surface area contributed by atoms with Crippen LogP contribution < -0.4 is 0 Å². The van der Waals surface area contributed by atoms with E-state index in [2.05, 4.69) is 0 Å². The molecule has 1 aliphatic heterocycles. The number of hydrogen-bond donors (Lipinski definition) is 0. The molecule has 0 aromatic rings. The molecule has 0 saturated carbocycles. The molecule has 1 heterocycles. The maximum absolute atomic E-state index is 12.6. The molecule has 68 valence electrons. The van der Waals surface area contributed by atoms with Gasteiger partial charge >= 0.3 is 12.0 Å². The minimum Gasteiger partial charge on any atom is -0.226 e. The fourth-order valence-electron chi connectivity index (χ4n) is 1.06. The van der Waals surface area contributed by atoms with Crippen molar-refractivity contribution in [3.05, 3.63) is 0 Å². The van der Waals surface area contributed by atoms with Crippen LogP contribution in [0.2, 0.25) is 0 Å². The first-order valence-electron chi connectivity index (χ1n) is 3.29. The zero-order chi connectivity index (χ0) is 9.41. The molecule has 12 heavy (non-hydrogen) atoms. The van der Waals surface area contributed by atoms with E-state index in [4.69, 9.17) is 5.26 Å². The molecule has 1 aliphatic rings. The van der Waals surface area contributed by atoms with E-state index < -0.39 is 31.5 Å². The Morgan fingerprint density at radius 1 is 1.33 bits per heavy atom. The quantitative estimate of drug-likeness (QED) is 0.348. The summed E-state index contributed by atoms with van der Waals surface area (Å²) >= 11 is 0. The second-order valence-corrected chi connectivity index (χ2v) is 2.58. The smallest absolute Gasteiger partial charge is 0.226 e. The molecule has 1 rings (SSSR count). The van der Waals surface area contributed by atoms with Crippen molar-refractivity contribution in [3.8, 4) is 6.07 Å². The number of hydrogen-bond acceptors (Lipinski definition) is 2. The van der Waals surface area contributed by atoms with Crippen molar-refractivity contribution in [1.29, 1.82) is 5.26 Å². The van der Waals surface area contributed by atoms with Crippen LogP contribution in [0.3, 0.4) is 0 Å². The highest BCUT2D eigenvalue weighted by Crippen LogP contribution is 2.44. The van der Waals surface area contributed by atoms with Crippen LogP contribution in [0.5, 0.6) is 0 Å². The maximum Gasteiger partial charge on any atom is 0.368 e. The SMILES string of the molecule is N#CCN1CCC(F)(F)C1(F)F. The van der Waals surface area contributed by atoms with Gasteiger partial charge in [-0.15, -0.1) is 0 Å². The van der Waals surface area contributed by atoms with E-state index in [0.717, 1.165) is 0 Å². The van der Waals surface area contributed by atoms with Gasteiger partial charge in [0.15, 0.2) is 0 Å². The van der Waals surface area contributed by atoms with Gasteiger partial charge in [-0.1, -0.05) is 0 Å². The van der Waals surface area contributed by atoms with Crippen LogP contribution in [-0.2, 0) is 0 Å². The fraction of sp³-hybridized carbons (Fsp3) is 0.833. The zero-order valence-corrected chi connectivity index (χ0v) is 6.03. The first-order valence-corrected chi connectivity index (χ1v) is 3.29. The second kappa shape index (κ2) is 2.59. The Hall–Kier alpha value is -0.830. The molecule has 0 spiro atoms. The number of nitrogens with zero attached hydrogens (tertiary/aromatic N) is 2. The molecule has 0 bridgehead atoms. The molecule has 0 atom stereocenters. The van der Waals surface area contributed by atoms with Crippen LogP contribution in [-0.4, -0.2) is 30.0 Å². The molecule has 0 radical (unpaired) electrons. The molecule has 0 aliphatic carbocycles. The highest BCUT2D eigenvalue weighted by atomic mass is 19.3. The maximum atomic E-state index is 12.6. The van der Waals surface area contributed by atoms with Gasteiger partial charge in [0.1, 0.15) is 0 Å². The Labute approximate surface area is 66.4 Å². The summed E-state index contributed by atoms with van der Waals surface area (Å²) in [5, 5.41) is 8.06. The molecule has 0 unspecified atom stereocenters. The van der Waals surface area contributed by atoms with Gasteiger partial charge in [-0.3, -0.25) is 0 Å². The van der Waals surface area contributed by atoms with Crippen LogP contribution in [0.15, 0.2) is 0 Å². The third kappa shape index (κ3) is 1.14. The lowest BCUT2D eigenvalue weighted by Gasteiger charge is -2.24. The van der Waals surface area contributed by atoms with E-state index in [0.29, 0.717) is 0 Å². The Bertz CT molecular complexity index is 220. The highest BCUT2D eigenvalue weighted by Gasteiger charge is 2.64. The van der Waals surface area contributed by atoms with Crippen molar-refractivity contribution in [2.75, 3.05) is 13.1 Å². The second-order valence-electron chi connectivity index (χ2n) is 2.58. The minimum atomic E-state index is -4.16. The third-order valence-corrected chi connectivity index (χ3v) is 1.79. The van der Waals surface area contributed by atoms with Crippen LogP contribution in [0.25, 0.3) is 0 Å².